The second-order valence-corrected chi connectivity index (χ2v) is 7.62. The Kier molecular flexibility index (Phi) is 4.01. The average molecular weight is 404 g/mol. The zero-order valence-corrected chi connectivity index (χ0v) is 14.7. The number of halogens is 3. The molecule has 0 unspecified atom stereocenters. The highest BCUT2D eigenvalue weighted by Gasteiger charge is 2.23. The van der Waals surface area contributed by atoms with Crippen LogP contribution in [0, 0.1) is 6.92 Å². The van der Waals surface area contributed by atoms with Crippen molar-refractivity contribution in [2.75, 3.05) is 5.73 Å². The monoisotopic (exact) mass is 402 g/mol. The first-order chi connectivity index (χ1) is 9.99. The number of nitrogens with zero attached hydrogens (tertiary/aromatic N) is 1. The highest BCUT2D eigenvalue weighted by atomic mass is 79.9. The molecular weight excluding hydrogens is 395 g/mol. The molecule has 0 amide bonds. The van der Waals surface area contributed by atoms with Crippen LogP contribution in [0.1, 0.15) is 5.56 Å². The van der Waals surface area contributed by atoms with Crippen LogP contribution in [-0.2, 0) is 0 Å². The number of rotatable bonds is 2. The van der Waals surface area contributed by atoms with E-state index < -0.39 is 0 Å². The van der Waals surface area contributed by atoms with Gasteiger partial charge in [0.05, 0.1) is 24.3 Å². The largest absolute Gasteiger partial charge is 0.380 e. The molecule has 2 heterocycles. The summed E-state index contributed by atoms with van der Waals surface area (Å²) >= 11 is 17.6. The van der Waals surface area contributed by atoms with Gasteiger partial charge in [-0.1, -0.05) is 34.4 Å². The summed E-state index contributed by atoms with van der Waals surface area (Å²) in [4.78, 5) is 0.912. The number of hydrogen-bond donors (Lipinski definition) is 1. The van der Waals surface area contributed by atoms with E-state index in [1.165, 1.54) is 0 Å². The minimum atomic E-state index is 0.266. The van der Waals surface area contributed by atoms with Gasteiger partial charge in [-0.3, -0.25) is 0 Å². The molecule has 0 bridgehead atoms. The van der Waals surface area contributed by atoms with E-state index in [-0.39, 0.29) is 5.82 Å². The quantitative estimate of drug-likeness (QED) is 0.568. The zero-order valence-electron chi connectivity index (χ0n) is 10.8. The van der Waals surface area contributed by atoms with Gasteiger partial charge < -0.3 is 10.3 Å². The highest BCUT2D eigenvalue weighted by Crippen LogP contribution is 2.46. The molecule has 21 heavy (non-hydrogen) atoms. The number of benzene rings is 1. The maximum Gasteiger partial charge on any atom is 0.187 e. The molecule has 0 aliphatic rings. The lowest BCUT2D eigenvalue weighted by molar-refractivity contribution is 0.437. The normalized spacial score (nSPS) is 11.0. The molecule has 3 rings (SSSR count). The lowest BCUT2D eigenvalue weighted by Gasteiger charge is -2.06. The van der Waals surface area contributed by atoms with Gasteiger partial charge in [-0.15, -0.1) is 11.3 Å². The number of nitrogen functional groups attached to an aromatic ring is 1. The third-order valence-corrected chi connectivity index (χ3v) is 5.78. The topological polar surface area (TPSA) is 52.0 Å². The van der Waals surface area contributed by atoms with Crippen molar-refractivity contribution < 1.29 is 4.52 Å². The molecule has 0 atom stereocenters. The van der Waals surface area contributed by atoms with Crippen molar-refractivity contribution in [2.45, 2.75) is 6.92 Å². The van der Waals surface area contributed by atoms with Crippen LogP contribution >= 0.6 is 50.5 Å². The molecule has 0 fully saturated rings. The fourth-order valence-corrected chi connectivity index (χ4v) is 4.13. The minimum absolute atomic E-state index is 0.266. The molecule has 108 valence electrons. The van der Waals surface area contributed by atoms with Crippen LogP contribution in [0.4, 0.5) is 5.82 Å². The van der Waals surface area contributed by atoms with Crippen LogP contribution in [0.5, 0.6) is 0 Å². The molecule has 0 radical (unpaired) electrons. The van der Waals surface area contributed by atoms with Gasteiger partial charge in [0.1, 0.15) is 0 Å². The fraction of sp³-hybridized carbons (Fsp3) is 0.0714. The third kappa shape index (κ3) is 2.59. The second kappa shape index (κ2) is 5.65. The molecule has 0 aliphatic carbocycles. The molecule has 0 saturated heterocycles. The summed E-state index contributed by atoms with van der Waals surface area (Å²) in [6.45, 7) is 2.01. The molecular formula is C14H9BrCl2N2OS. The fourth-order valence-electron chi connectivity index (χ4n) is 2.02. The van der Waals surface area contributed by atoms with Gasteiger partial charge in [0.25, 0.3) is 0 Å². The van der Waals surface area contributed by atoms with E-state index >= 15 is 0 Å². The lowest BCUT2D eigenvalue weighted by atomic mass is 10.0. The van der Waals surface area contributed by atoms with E-state index in [9.17, 15) is 0 Å². The first-order valence-corrected chi connectivity index (χ1v) is 8.31. The Hall–Kier alpha value is -1.01. The zero-order chi connectivity index (χ0) is 15.1. The molecule has 0 spiro atoms. The molecule has 1 aromatic carbocycles. The van der Waals surface area contributed by atoms with Crippen LogP contribution in [-0.4, -0.2) is 5.16 Å². The summed E-state index contributed by atoms with van der Waals surface area (Å²) in [7, 11) is 0. The van der Waals surface area contributed by atoms with Crippen molar-refractivity contribution in [2.24, 2.45) is 0 Å². The summed E-state index contributed by atoms with van der Waals surface area (Å²) < 4.78 is 6.44. The highest BCUT2D eigenvalue weighted by molar-refractivity contribution is 9.11. The Morgan fingerprint density at radius 1 is 1.24 bits per heavy atom. The van der Waals surface area contributed by atoms with Crippen LogP contribution in [0.25, 0.3) is 21.8 Å². The second-order valence-electron chi connectivity index (χ2n) is 4.44. The Balaban J connectivity index is 2.27. The minimum Gasteiger partial charge on any atom is -0.380 e. The van der Waals surface area contributed by atoms with Crippen molar-refractivity contribution >= 4 is 56.3 Å². The van der Waals surface area contributed by atoms with Crippen molar-refractivity contribution in [3.8, 4) is 21.8 Å². The summed E-state index contributed by atoms with van der Waals surface area (Å²) in [6, 6.07) is 7.30. The van der Waals surface area contributed by atoms with Crippen molar-refractivity contribution in [1.29, 1.82) is 0 Å². The number of hydrogen-bond acceptors (Lipinski definition) is 4. The first kappa shape index (κ1) is 14.9. The van der Waals surface area contributed by atoms with Gasteiger partial charge in [0.2, 0.25) is 0 Å². The molecule has 0 aliphatic heterocycles. The van der Waals surface area contributed by atoms with E-state index in [4.69, 9.17) is 33.5 Å². The molecule has 0 saturated carbocycles. The molecule has 2 N–H and O–H groups in total. The van der Waals surface area contributed by atoms with Crippen molar-refractivity contribution in [1.82, 2.24) is 5.16 Å². The van der Waals surface area contributed by atoms with Gasteiger partial charge in [0, 0.05) is 5.56 Å². The van der Waals surface area contributed by atoms with Crippen LogP contribution in [0.3, 0.4) is 0 Å². The van der Waals surface area contributed by atoms with Crippen molar-refractivity contribution in [3.05, 3.63) is 43.7 Å². The number of thiophene rings is 1. The number of aryl methyl sites for hydroxylation is 1. The number of nitrogens with two attached hydrogens (primary N) is 1. The summed E-state index contributed by atoms with van der Waals surface area (Å²) in [5.74, 6) is 0.837. The van der Waals surface area contributed by atoms with E-state index in [0.29, 0.717) is 26.9 Å². The van der Waals surface area contributed by atoms with E-state index in [0.717, 1.165) is 14.2 Å². The Labute approximate surface area is 143 Å². The van der Waals surface area contributed by atoms with Crippen molar-refractivity contribution in [3.63, 3.8) is 0 Å². The SMILES string of the molecule is Cc1cc(-c2onc(N)c2-c2c(Cl)cccc2Cl)sc1Br. The van der Waals surface area contributed by atoms with Crippen LogP contribution < -0.4 is 5.73 Å². The molecule has 2 aromatic heterocycles. The Morgan fingerprint density at radius 2 is 1.90 bits per heavy atom. The summed E-state index contributed by atoms with van der Waals surface area (Å²) in [5, 5.41) is 4.88. The standard InChI is InChI=1S/C14H9BrCl2N2OS/c1-6-5-9(21-13(6)15)12-11(14(18)19-20-12)10-7(16)3-2-4-8(10)17/h2-5H,1H3,(H2,18,19). The summed E-state index contributed by atoms with van der Waals surface area (Å²) in [6.07, 6.45) is 0. The summed E-state index contributed by atoms with van der Waals surface area (Å²) in [5.41, 5.74) is 8.34. The number of anilines is 1. The van der Waals surface area contributed by atoms with Gasteiger partial charge in [0.15, 0.2) is 11.6 Å². The maximum atomic E-state index is 6.27. The third-order valence-electron chi connectivity index (χ3n) is 3.01. The predicted molar refractivity (Wildman–Crippen MR) is 92.1 cm³/mol. The predicted octanol–water partition coefficient (Wildman–Crippen LogP) is 6.03. The van der Waals surface area contributed by atoms with Gasteiger partial charge in [-0.2, -0.15) is 0 Å². The van der Waals surface area contributed by atoms with E-state index in [1.807, 2.05) is 13.0 Å². The van der Waals surface area contributed by atoms with Gasteiger partial charge in [-0.05, 0) is 46.6 Å². The van der Waals surface area contributed by atoms with Gasteiger partial charge >= 0.3 is 0 Å². The Bertz CT molecular complexity index is 789. The first-order valence-electron chi connectivity index (χ1n) is 5.95. The molecule has 3 nitrogen and oxygen atoms in total. The number of aromatic nitrogens is 1. The molecule has 7 heteroatoms. The van der Waals surface area contributed by atoms with E-state index in [2.05, 4.69) is 21.1 Å². The van der Waals surface area contributed by atoms with Gasteiger partial charge in [-0.25, -0.2) is 0 Å². The Morgan fingerprint density at radius 3 is 2.48 bits per heavy atom. The average Bonchev–Trinajstić information content (AvgIpc) is 2.94. The maximum absolute atomic E-state index is 6.27. The smallest absolute Gasteiger partial charge is 0.187 e. The van der Waals surface area contributed by atoms with E-state index in [1.54, 1.807) is 29.5 Å². The van der Waals surface area contributed by atoms with Crippen LogP contribution in [0.15, 0.2) is 32.6 Å². The lowest BCUT2D eigenvalue weighted by Crippen LogP contribution is -1.90. The van der Waals surface area contributed by atoms with Crippen LogP contribution in [0.2, 0.25) is 10.0 Å². The molecule has 3 aromatic rings.